The lowest BCUT2D eigenvalue weighted by atomic mass is 10.1. The van der Waals surface area contributed by atoms with Crippen LogP contribution in [0.1, 0.15) is 129 Å². The zero-order valence-corrected chi connectivity index (χ0v) is 25.0. The van der Waals surface area contributed by atoms with E-state index < -0.39 is 0 Å². The van der Waals surface area contributed by atoms with Crippen molar-refractivity contribution in [3.8, 4) is 11.5 Å². The molecule has 0 bridgehead atoms. The molecule has 39 heavy (non-hydrogen) atoms. The first kappa shape index (κ1) is 34.5. The monoisotopic (exact) mass is 546 g/mol. The molecule has 0 radical (unpaired) electrons. The Morgan fingerprint density at radius 1 is 0.692 bits per heavy atom. The van der Waals surface area contributed by atoms with Crippen molar-refractivity contribution in [1.29, 1.82) is 0 Å². The number of carbonyl (C=O) groups excluding carboxylic acids is 2. The summed E-state index contributed by atoms with van der Waals surface area (Å²) in [5.74, 6) is 1.09. The first-order valence-electron chi connectivity index (χ1n) is 15.4. The molecule has 0 unspecified atom stereocenters. The number of unbranched alkanes of at least 4 members (excludes halogenated alkanes) is 13. The summed E-state index contributed by atoms with van der Waals surface area (Å²) in [7, 11) is 1.44. The highest BCUT2D eigenvalue weighted by Crippen LogP contribution is 2.27. The van der Waals surface area contributed by atoms with E-state index in [9.17, 15) is 9.59 Å². The van der Waals surface area contributed by atoms with Crippen molar-refractivity contribution in [1.82, 2.24) is 0 Å². The Bertz CT molecular complexity index is 788. The number of rotatable bonds is 25. The number of methoxy groups -OCH3 is 1. The maximum atomic E-state index is 12.1. The molecule has 0 spiro atoms. The van der Waals surface area contributed by atoms with Crippen molar-refractivity contribution in [3.05, 3.63) is 29.8 Å². The van der Waals surface area contributed by atoms with Crippen LogP contribution in [-0.2, 0) is 19.1 Å². The maximum Gasteiger partial charge on any atom is 0.330 e. The van der Waals surface area contributed by atoms with E-state index in [1.807, 2.05) is 18.2 Å². The Labute approximate surface area is 237 Å². The molecule has 1 rings (SSSR count). The lowest BCUT2D eigenvalue weighted by Crippen LogP contribution is -2.03. The Morgan fingerprint density at radius 2 is 1.26 bits per heavy atom. The smallest absolute Gasteiger partial charge is 0.330 e. The van der Waals surface area contributed by atoms with E-state index in [0.29, 0.717) is 26.2 Å². The summed E-state index contributed by atoms with van der Waals surface area (Å²) < 4.78 is 22.1. The second-order valence-electron chi connectivity index (χ2n) is 10.2. The van der Waals surface area contributed by atoms with E-state index in [4.69, 9.17) is 14.2 Å². The average molecular weight is 547 g/mol. The van der Waals surface area contributed by atoms with Crippen molar-refractivity contribution >= 4 is 18.0 Å². The third-order valence-corrected chi connectivity index (χ3v) is 6.65. The first-order valence-corrected chi connectivity index (χ1v) is 15.4. The second-order valence-corrected chi connectivity index (χ2v) is 10.2. The molecule has 0 N–H and O–H groups in total. The van der Waals surface area contributed by atoms with Crippen molar-refractivity contribution in [3.63, 3.8) is 0 Å². The molecule has 0 saturated heterocycles. The molecule has 0 heterocycles. The Morgan fingerprint density at radius 3 is 1.90 bits per heavy atom. The molecule has 0 aliphatic rings. The van der Waals surface area contributed by atoms with Gasteiger partial charge in [0.15, 0.2) is 0 Å². The zero-order valence-electron chi connectivity index (χ0n) is 25.0. The standard InChI is InChI=1S/C33H54O6/c1-4-6-8-17-25-37-30-23-21-29(22-24-33(35)39-27-18-9-7-5-2)31(28-30)38-26-19-15-13-11-10-12-14-16-20-32(34)36-3/h21-24,28H,4-20,25-27H2,1-3H3/b24-22+. The van der Waals surface area contributed by atoms with E-state index >= 15 is 0 Å². The second kappa shape index (κ2) is 24.5. The summed E-state index contributed by atoms with van der Waals surface area (Å²) >= 11 is 0. The Kier molecular flexibility index (Phi) is 21.7. The molecule has 0 atom stereocenters. The number of esters is 2. The normalized spacial score (nSPS) is 11.1. The highest BCUT2D eigenvalue weighted by atomic mass is 16.5. The fourth-order valence-corrected chi connectivity index (χ4v) is 4.21. The molecule has 0 fully saturated rings. The third kappa shape index (κ3) is 19.2. The molecule has 6 nitrogen and oxygen atoms in total. The van der Waals surface area contributed by atoms with Gasteiger partial charge in [-0.2, -0.15) is 0 Å². The zero-order chi connectivity index (χ0) is 28.4. The van der Waals surface area contributed by atoms with Crippen molar-refractivity contribution < 1.29 is 28.5 Å². The van der Waals surface area contributed by atoms with Crippen LogP contribution in [0.2, 0.25) is 0 Å². The van der Waals surface area contributed by atoms with Gasteiger partial charge in [-0.25, -0.2) is 4.79 Å². The third-order valence-electron chi connectivity index (χ3n) is 6.65. The van der Waals surface area contributed by atoms with Gasteiger partial charge in [-0.15, -0.1) is 0 Å². The minimum atomic E-state index is -0.320. The molecule has 0 aliphatic heterocycles. The van der Waals surface area contributed by atoms with Crippen LogP contribution >= 0.6 is 0 Å². The van der Waals surface area contributed by atoms with Crippen LogP contribution in [0.5, 0.6) is 11.5 Å². The summed E-state index contributed by atoms with van der Waals surface area (Å²) in [6, 6.07) is 5.82. The maximum absolute atomic E-state index is 12.1. The number of hydrogen-bond donors (Lipinski definition) is 0. The Hall–Kier alpha value is -2.50. The van der Waals surface area contributed by atoms with Gasteiger partial charge >= 0.3 is 11.9 Å². The van der Waals surface area contributed by atoms with Crippen LogP contribution in [0.4, 0.5) is 0 Å². The van der Waals surface area contributed by atoms with Gasteiger partial charge in [0.1, 0.15) is 11.5 Å². The molecule has 0 saturated carbocycles. The molecular weight excluding hydrogens is 492 g/mol. The van der Waals surface area contributed by atoms with Gasteiger partial charge in [0.2, 0.25) is 0 Å². The van der Waals surface area contributed by atoms with Gasteiger partial charge < -0.3 is 18.9 Å². The largest absolute Gasteiger partial charge is 0.493 e. The molecule has 0 amide bonds. The molecule has 1 aromatic rings. The number of carbonyl (C=O) groups is 2. The molecule has 0 aromatic heterocycles. The van der Waals surface area contributed by atoms with Crippen molar-refractivity contribution in [2.75, 3.05) is 26.9 Å². The fraction of sp³-hybridized carbons (Fsp3) is 0.697. The summed E-state index contributed by atoms with van der Waals surface area (Å²) in [5.41, 5.74) is 0.850. The van der Waals surface area contributed by atoms with Gasteiger partial charge in [-0.1, -0.05) is 90.9 Å². The van der Waals surface area contributed by atoms with Crippen molar-refractivity contribution in [2.24, 2.45) is 0 Å². The summed E-state index contributed by atoms with van der Waals surface area (Å²) in [4.78, 5) is 23.3. The molecular formula is C33H54O6. The van der Waals surface area contributed by atoms with E-state index in [1.165, 1.54) is 58.1 Å². The summed E-state index contributed by atoms with van der Waals surface area (Å²) in [6.45, 7) is 6.15. The van der Waals surface area contributed by atoms with Crippen LogP contribution in [0.3, 0.4) is 0 Å². The number of ether oxygens (including phenoxy) is 4. The minimum Gasteiger partial charge on any atom is -0.493 e. The molecule has 6 heteroatoms. The predicted molar refractivity (Wildman–Crippen MR) is 159 cm³/mol. The summed E-state index contributed by atoms with van der Waals surface area (Å²) in [5, 5.41) is 0. The lowest BCUT2D eigenvalue weighted by molar-refractivity contribution is -0.141. The van der Waals surface area contributed by atoms with Gasteiger partial charge in [0, 0.05) is 24.1 Å². The van der Waals surface area contributed by atoms with Crippen molar-refractivity contribution in [2.45, 2.75) is 123 Å². The number of hydrogen-bond acceptors (Lipinski definition) is 6. The number of benzene rings is 1. The first-order chi connectivity index (χ1) is 19.1. The highest BCUT2D eigenvalue weighted by Gasteiger charge is 2.07. The predicted octanol–water partition coefficient (Wildman–Crippen LogP) is 8.85. The van der Waals surface area contributed by atoms with Crippen LogP contribution in [0.15, 0.2) is 24.3 Å². The van der Waals surface area contributed by atoms with Crippen LogP contribution < -0.4 is 9.47 Å². The Balaban J connectivity index is 2.46. The van der Waals surface area contributed by atoms with E-state index in [-0.39, 0.29) is 11.9 Å². The van der Waals surface area contributed by atoms with Crippen LogP contribution in [-0.4, -0.2) is 38.9 Å². The molecule has 1 aromatic carbocycles. The van der Waals surface area contributed by atoms with E-state index in [0.717, 1.165) is 74.8 Å². The van der Waals surface area contributed by atoms with E-state index in [1.54, 1.807) is 6.08 Å². The highest BCUT2D eigenvalue weighted by molar-refractivity contribution is 5.87. The minimum absolute atomic E-state index is 0.115. The van der Waals surface area contributed by atoms with Gasteiger partial charge in [0.05, 0.1) is 26.9 Å². The van der Waals surface area contributed by atoms with Crippen LogP contribution in [0, 0.1) is 0 Å². The topological polar surface area (TPSA) is 71.1 Å². The van der Waals surface area contributed by atoms with Gasteiger partial charge in [0.25, 0.3) is 0 Å². The van der Waals surface area contributed by atoms with E-state index in [2.05, 4.69) is 18.6 Å². The quantitative estimate of drug-likeness (QED) is 0.0693. The van der Waals surface area contributed by atoms with Crippen LogP contribution in [0.25, 0.3) is 6.08 Å². The lowest BCUT2D eigenvalue weighted by Gasteiger charge is -2.13. The van der Waals surface area contributed by atoms with Gasteiger partial charge in [-0.05, 0) is 43.9 Å². The summed E-state index contributed by atoms with van der Waals surface area (Å²) in [6.07, 6.45) is 21.6. The fourth-order valence-electron chi connectivity index (χ4n) is 4.21. The molecule has 222 valence electrons. The SMILES string of the molecule is CCCCCCOC(=O)/C=C/c1ccc(OCCCCCC)cc1OCCCCCCCCCCC(=O)OC. The average Bonchev–Trinajstić information content (AvgIpc) is 2.94. The molecule has 0 aliphatic carbocycles. The van der Waals surface area contributed by atoms with Gasteiger partial charge in [-0.3, -0.25) is 4.79 Å².